The van der Waals surface area contributed by atoms with Gasteiger partial charge < -0.3 is 10.5 Å². The third-order valence-corrected chi connectivity index (χ3v) is 5.01. The number of thioether (sulfide) groups is 1. The summed E-state index contributed by atoms with van der Waals surface area (Å²) in [7, 11) is 0. The first-order valence-corrected chi connectivity index (χ1v) is 8.88. The molecule has 6 nitrogen and oxygen atoms in total. The van der Waals surface area contributed by atoms with E-state index < -0.39 is 11.2 Å². The molecule has 1 aromatic carbocycles. The summed E-state index contributed by atoms with van der Waals surface area (Å²) in [4.78, 5) is 16.2. The minimum Gasteiger partial charge on any atom is -0.491 e. The number of nitrogens with two attached hydrogens (primary N) is 1. The molecule has 2 aromatic rings. The Kier molecular flexibility index (Phi) is 6.40. The number of hydrogen-bond donors (Lipinski definition) is 1. The van der Waals surface area contributed by atoms with E-state index in [4.69, 9.17) is 10.5 Å². The monoisotopic (exact) mass is 416 g/mol. The van der Waals surface area contributed by atoms with Crippen LogP contribution in [0.5, 0.6) is 5.75 Å². The van der Waals surface area contributed by atoms with Gasteiger partial charge in [-0.25, -0.2) is 4.98 Å². The van der Waals surface area contributed by atoms with Gasteiger partial charge in [0.15, 0.2) is 5.75 Å². The number of aromatic nitrogens is 1. The molecule has 1 heterocycles. The lowest BCUT2D eigenvalue weighted by atomic mass is 10.1. The average Bonchev–Trinajstić information content (AvgIpc) is 2.60. The van der Waals surface area contributed by atoms with Crippen molar-refractivity contribution >= 4 is 33.6 Å². The summed E-state index contributed by atoms with van der Waals surface area (Å²) in [6.07, 6.45) is 0. The molecule has 0 radical (unpaired) electrons. The van der Waals surface area contributed by atoms with Gasteiger partial charge in [0.25, 0.3) is 0 Å². The van der Waals surface area contributed by atoms with Crippen LogP contribution in [0.4, 0.5) is 0 Å². The summed E-state index contributed by atoms with van der Waals surface area (Å²) in [5.41, 5.74) is 6.47. The van der Waals surface area contributed by atoms with Crippen LogP contribution in [0.1, 0.15) is 28.9 Å². The van der Waals surface area contributed by atoms with E-state index in [1.807, 2.05) is 18.2 Å². The second-order valence-corrected chi connectivity index (χ2v) is 6.60. The van der Waals surface area contributed by atoms with Crippen molar-refractivity contribution in [3.63, 3.8) is 0 Å². The molecule has 8 heteroatoms. The van der Waals surface area contributed by atoms with Crippen molar-refractivity contribution in [2.45, 2.75) is 17.2 Å². The third-order valence-electron chi connectivity index (χ3n) is 3.18. The molecule has 1 aromatic heterocycles. The van der Waals surface area contributed by atoms with Crippen LogP contribution in [0.15, 0.2) is 40.0 Å². The van der Waals surface area contributed by atoms with Gasteiger partial charge >= 0.3 is 0 Å². The topological polar surface area (TPSA) is 113 Å². The van der Waals surface area contributed by atoms with Crippen molar-refractivity contribution in [2.75, 3.05) is 6.61 Å². The van der Waals surface area contributed by atoms with Gasteiger partial charge in [-0.05, 0) is 28.4 Å². The molecule has 126 valence electrons. The van der Waals surface area contributed by atoms with Crippen LogP contribution in [-0.2, 0) is 4.79 Å². The molecule has 1 atom stereocenters. The number of benzene rings is 1. The lowest BCUT2D eigenvalue weighted by Gasteiger charge is -2.16. The highest BCUT2D eigenvalue weighted by Crippen LogP contribution is 2.41. The fourth-order valence-corrected chi connectivity index (χ4v) is 3.71. The maximum absolute atomic E-state index is 11.9. The number of amides is 1. The molecule has 0 aliphatic rings. The number of ether oxygens (including phenoxy) is 1. The van der Waals surface area contributed by atoms with E-state index in [2.05, 4.69) is 20.9 Å². The molecular formula is C17H13BrN4O2S. The summed E-state index contributed by atoms with van der Waals surface area (Å²) < 4.78 is 5.72. The number of halogens is 1. The SMILES string of the molecule is CCOc1c(C#N)c(Br)nc(SC(C(N)=O)c2ccccc2)c1C#N. The summed E-state index contributed by atoms with van der Waals surface area (Å²) in [6.45, 7) is 2.03. The Bertz CT molecular complexity index is 875. The van der Waals surface area contributed by atoms with Crippen LogP contribution < -0.4 is 10.5 Å². The van der Waals surface area contributed by atoms with Gasteiger partial charge in [0, 0.05) is 0 Å². The average molecular weight is 417 g/mol. The van der Waals surface area contributed by atoms with Gasteiger partial charge in [0.2, 0.25) is 5.91 Å². The Hall–Kier alpha value is -2.55. The minimum atomic E-state index is -0.727. The van der Waals surface area contributed by atoms with Crippen LogP contribution in [0, 0.1) is 22.7 Å². The van der Waals surface area contributed by atoms with Crippen LogP contribution in [0.25, 0.3) is 0 Å². The molecular weight excluding hydrogens is 404 g/mol. The van der Waals surface area contributed by atoms with Gasteiger partial charge in [-0.15, -0.1) is 0 Å². The zero-order valence-electron chi connectivity index (χ0n) is 13.2. The fourth-order valence-electron chi connectivity index (χ4n) is 2.12. The maximum Gasteiger partial charge on any atom is 0.235 e. The predicted molar refractivity (Wildman–Crippen MR) is 96.8 cm³/mol. The van der Waals surface area contributed by atoms with Crippen molar-refractivity contribution in [1.82, 2.24) is 4.98 Å². The number of primary amides is 1. The van der Waals surface area contributed by atoms with E-state index in [-0.39, 0.29) is 33.1 Å². The number of rotatable bonds is 6. The quantitative estimate of drug-likeness (QED) is 0.570. The van der Waals surface area contributed by atoms with Crippen molar-refractivity contribution in [1.29, 1.82) is 10.5 Å². The van der Waals surface area contributed by atoms with Gasteiger partial charge in [-0.2, -0.15) is 10.5 Å². The largest absolute Gasteiger partial charge is 0.491 e. The molecule has 0 spiro atoms. The van der Waals surface area contributed by atoms with E-state index in [1.54, 1.807) is 31.2 Å². The number of pyridine rings is 1. The molecule has 0 aliphatic carbocycles. The first kappa shape index (κ1) is 18.8. The standard InChI is InChI=1S/C17H13BrN4O2S/c1-2-24-13-11(8-19)15(18)22-17(12(13)9-20)25-14(16(21)23)10-6-4-3-5-7-10/h3-7,14H,2H2,1H3,(H2,21,23). The molecule has 0 fully saturated rings. The first-order chi connectivity index (χ1) is 12.0. The number of hydrogen-bond acceptors (Lipinski definition) is 6. The van der Waals surface area contributed by atoms with Gasteiger partial charge in [0.1, 0.15) is 38.1 Å². The van der Waals surface area contributed by atoms with E-state index in [0.29, 0.717) is 5.56 Å². The molecule has 2 N–H and O–H groups in total. The Balaban J connectivity index is 2.57. The fraction of sp³-hybridized carbons (Fsp3) is 0.176. The minimum absolute atomic E-state index is 0.105. The Morgan fingerprint density at radius 1 is 1.32 bits per heavy atom. The van der Waals surface area contributed by atoms with Crippen LogP contribution in [0.2, 0.25) is 0 Å². The van der Waals surface area contributed by atoms with Crippen molar-refractivity contribution in [3.05, 3.63) is 51.6 Å². The van der Waals surface area contributed by atoms with E-state index in [0.717, 1.165) is 11.8 Å². The second-order valence-electron chi connectivity index (χ2n) is 4.75. The van der Waals surface area contributed by atoms with Crippen molar-refractivity contribution < 1.29 is 9.53 Å². The lowest BCUT2D eigenvalue weighted by molar-refractivity contribution is -0.117. The van der Waals surface area contributed by atoms with Crippen molar-refractivity contribution in [2.24, 2.45) is 5.73 Å². The normalized spacial score (nSPS) is 11.2. The van der Waals surface area contributed by atoms with E-state index >= 15 is 0 Å². The molecule has 1 amide bonds. The number of nitriles is 2. The van der Waals surface area contributed by atoms with Crippen molar-refractivity contribution in [3.8, 4) is 17.9 Å². The molecule has 0 aliphatic heterocycles. The summed E-state index contributed by atoms with van der Waals surface area (Å²) in [5, 5.41) is 18.4. The van der Waals surface area contributed by atoms with E-state index in [1.165, 1.54) is 0 Å². The molecule has 0 bridgehead atoms. The smallest absolute Gasteiger partial charge is 0.235 e. The molecule has 2 rings (SSSR count). The maximum atomic E-state index is 11.9. The highest BCUT2D eigenvalue weighted by atomic mass is 79.9. The Morgan fingerprint density at radius 3 is 2.48 bits per heavy atom. The summed E-state index contributed by atoms with van der Waals surface area (Å²) >= 11 is 4.27. The van der Waals surface area contributed by atoms with Crippen LogP contribution in [0.3, 0.4) is 0 Å². The van der Waals surface area contributed by atoms with E-state index in [9.17, 15) is 15.3 Å². The molecule has 25 heavy (non-hydrogen) atoms. The zero-order chi connectivity index (χ0) is 18.4. The van der Waals surface area contributed by atoms with Gasteiger partial charge in [-0.1, -0.05) is 42.1 Å². The van der Waals surface area contributed by atoms with Gasteiger partial charge in [-0.3, -0.25) is 4.79 Å². The third kappa shape index (κ3) is 4.11. The number of nitrogens with zero attached hydrogens (tertiary/aromatic N) is 3. The lowest BCUT2D eigenvalue weighted by Crippen LogP contribution is -2.19. The van der Waals surface area contributed by atoms with Crippen LogP contribution in [-0.4, -0.2) is 17.5 Å². The Labute approximate surface area is 157 Å². The number of carbonyl (C=O) groups excluding carboxylic acids is 1. The first-order valence-electron chi connectivity index (χ1n) is 7.20. The number of carbonyl (C=O) groups is 1. The highest BCUT2D eigenvalue weighted by molar-refractivity contribution is 9.10. The second kappa shape index (κ2) is 8.52. The molecule has 1 unspecified atom stereocenters. The Morgan fingerprint density at radius 2 is 1.96 bits per heavy atom. The zero-order valence-corrected chi connectivity index (χ0v) is 15.6. The summed E-state index contributed by atoms with van der Waals surface area (Å²) in [6, 6.07) is 13.0. The van der Waals surface area contributed by atoms with Crippen LogP contribution >= 0.6 is 27.7 Å². The van der Waals surface area contributed by atoms with Gasteiger partial charge in [0.05, 0.1) is 6.61 Å². The highest BCUT2D eigenvalue weighted by Gasteiger charge is 2.26. The molecule has 0 saturated heterocycles. The molecule has 0 saturated carbocycles. The summed E-state index contributed by atoms with van der Waals surface area (Å²) in [5.74, 6) is -0.409. The predicted octanol–water partition coefficient (Wildman–Crippen LogP) is 3.30.